The lowest BCUT2D eigenvalue weighted by Gasteiger charge is -2.42. The maximum Gasteiger partial charge on any atom is 0.248 e. The van der Waals surface area contributed by atoms with Gasteiger partial charge in [0.05, 0.1) is 6.61 Å². The van der Waals surface area contributed by atoms with Gasteiger partial charge in [0.2, 0.25) is 15.9 Å². The lowest BCUT2D eigenvalue weighted by Crippen LogP contribution is -2.51. The molecule has 1 saturated heterocycles. The zero-order valence-electron chi connectivity index (χ0n) is 14.4. The van der Waals surface area contributed by atoms with E-state index in [2.05, 4.69) is 4.72 Å². The molecule has 0 unspecified atom stereocenters. The minimum atomic E-state index is -3.59. The monoisotopic (exact) mass is 368 g/mol. The number of nitrogens with one attached hydrogen (secondary N) is 1. The predicted molar refractivity (Wildman–Crippen MR) is 91.9 cm³/mol. The summed E-state index contributed by atoms with van der Waals surface area (Å²) in [5.41, 5.74) is -0.303. The fourth-order valence-corrected chi connectivity index (χ4v) is 4.53. The van der Waals surface area contributed by atoms with Crippen molar-refractivity contribution in [2.24, 2.45) is 5.41 Å². The topological polar surface area (TPSA) is 84.9 Å². The molecule has 0 aromatic heterocycles. The van der Waals surface area contributed by atoms with Gasteiger partial charge in [-0.25, -0.2) is 13.1 Å². The Morgan fingerprint density at radius 3 is 2.76 bits per heavy atom. The van der Waals surface area contributed by atoms with Gasteiger partial charge in [-0.15, -0.1) is 0 Å². The van der Waals surface area contributed by atoms with Gasteiger partial charge in [0, 0.05) is 31.7 Å². The molecule has 2 aliphatic rings. The number of benzene rings is 1. The fourth-order valence-electron chi connectivity index (χ4n) is 3.23. The summed E-state index contributed by atoms with van der Waals surface area (Å²) in [6.07, 6.45) is 1.38. The molecule has 25 heavy (non-hydrogen) atoms. The number of carbonyl (C=O) groups excluding carboxylic acids is 1. The minimum Gasteiger partial charge on any atom is -0.492 e. The summed E-state index contributed by atoms with van der Waals surface area (Å²) in [5, 5.41) is 0. The zero-order chi connectivity index (χ0) is 17.9. The summed E-state index contributed by atoms with van der Waals surface area (Å²) >= 11 is 0. The fraction of sp³-hybridized carbons (Fsp3) is 0.588. The summed E-state index contributed by atoms with van der Waals surface area (Å²) in [4.78, 5) is 14.0. The number of hydrogen-bond acceptors (Lipinski definition) is 5. The van der Waals surface area contributed by atoms with E-state index in [1.807, 2.05) is 6.92 Å². The van der Waals surface area contributed by atoms with Crippen molar-refractivity contribution in [1.82, 2.24) is 9.62 Å². The molecule has 0 atom stereocenters. The molecule has 0 saturated carbocycles. The van der Waals surface area contributed by atoms with Crippen LogP contribution in [0.3, 0.4) is 0 Å². The van der Waals surface area contributed by atoms with E-state index in [0.29, 0.717) is 51.4 Å². The number of ether oxygens (including phenoxy) is 2. The number of carbonyl (C=O) groups is 1. The van der Waals surface area contributed by atoms with Crippen molar-refractivity contribution < 1.29 is 22.7 Å². The Bertz CT molecular complexity index is 726. The SMILES string of the molecule is CCOCC(=O)N1CCC2(CC1)CNS(=O)(=O)c1ccccc1OC2. The first-order chi connectivity index (χ1) is 12.0. The number of hydrogen-bond donors (Lipinski definition) is 1. The predicted octanol–water partition coefficient (Wildman–Crippen LogP) is 1.00. The van der Waals surface area contributed by atoms with Crippen LogP contribution in [0.25, 0.3) is 0 Å². The first-order valence-electron chi connectivity index (χ1n) is 8.53. The van der Waals surface area contributed by atoms with Gasteiger partial charge in [-0.2, -0.15) is 0 Å². The number of nitrogens with zero attached hydrogens (tertiary/aromatic N) is 1. The van der Waals surface area contributed by atoms with Crippen molar-refractivity contribution in [3.8, 4) is 5.75 Å². The Hall–Kier alpha value is -1.64. The van der Waals surface area contributed by atoms with Crippen LogP contribution in [0.2, 0.25) is 0 Å². The van der Waals surface area contributed by atoms with Crippen molar-refractivity contribution >= 4 is 15.9 Å². The van der Waals surface area contributed by atoms with E-state index in [-0.39, 0.29) is 22.8 Å². The summed E-state index contributed by atoms with van der Waals surface area (Å²) < 4.78 is 38.8. The molecule has 2 aliphatic heterocycles. The van der Waals surface area contributed by atoms with Gasteiger partial charge < -0.3 is 14.4 Å². The number of fused-ring (bicyclic) bond motifs is 1. The highest BCUT2D eigenvalue weighted by Crippen LogP contribution is 2.35. The Balaban J connectivity index is 1.70. The second-order valence-electron chi connectivity index (χ2n) is 6.58. The van der Waals surface area contributed by atoms with Crippen LogP contribution < -0.4 is 9.46 Å². The van der Waals surface area contributed by atoms with Crippen molar-refractivity contribution in [2.75, 3.05) is 39.5 Å². The molecule has 1 N–H and O–H groups in total. The van der Waals surface area contributed by atoms with Gasteiger partial charge >= 0.3 is 0 Å². The number of piperidine rings is 1. The molecular formula is C17H24N2O5S. The third-order valence-electron chi connectivity index (χ3n) is 4.92. The summed E-state index contributed by atoms with van der Waals surface area (Å²) in [6.45, 7) is 4.38. The van der Waals surface area contributed by atoms with Crippen molar-refractivity contribution in [2.45, 2.75) is 24.7 Å². The molecule has 1 fully saturated rings. The van der Waals surface area contributed by atoms with E-state index in [1.165, 1.54) is 0 Å². The Morgan fingerprint density at radius 2 is 2.04 bits per heavy atom. The lowest BCUT2D eigenvalue weighted by molar-refractivity contribution is -0.138. The van der Waals surface area contributed by atoms with Gasteiger partial charge in [-0.05, 0) is 31.9 Å². The maximum absolute atomic E-state index is 12.5. The molecule has 7 nitrogen and oxygen atoms in total. The molecule has 0 bridgehead atoms. The second kappa shape index (κ2) is 7.31. The Labute approximate surface area is 148 Å². The number of amides is 1. The highest BCUT2D eigenvalue weighted by molar-refractivity contribution is 7.89. The molecule has 1 aromatic carbocycles. The van der Waals surface area contributed by atoms with Crippen LogP contribution in [0, 0.1) is 5.41 Å². The van der Waals surface area contributed by atoms with Crippen molar-refractivity contribution in [3.05, 3.63) is 24.3 Å². The molecule has 0 aliphatic carbocycles. The Kier molecular flexibility index (Phi) is 5.31. The highest BCUT2D eigenvalue weighted by atomic mass is 32.2. The number of likely N-dealkylation sites (tertiary alicyclic amines) is 1. The molecule has 1 spiro atoms. The van der Waals surface area contributed by atoms with Crippen LogP contribution in [-0.2, 0) is 19.6 Å². The average molecular weight is 368 g/mol. The number of para-hydroxylation sites is 1. The second-order valence-corrected chi connectivity index (χ2v) is 8.31. The van der Waals surface area contributed by atoms with Crippen molar-refractivity contribution in [1.29, 1.82) is 0 Å². The maximum atomic E-state index is 12.5. The Morgan fingerprint density at radius 1 is 1.32 bits per heavy atom. The van der Waals surface area contributed by atoms with Crippen LogP contribution >= 0.6 is 0 Å². The van der Waals surface area contributed by atoms with Gasteiger partial charge in [0.1, 0.15) is 17.3 Å². The van der Waals surface area contributed by atoms with Crippen LogP contribution in [0.4, 0.5) is 0 Å². The molecule has 1 amide bonds. The van der Waals surface area contributed by atoms with Gasteiger partial charge in [-0.1, -0.05) is 12.1 Å². The minimum absolute atomic E-state index is 0.0191. The highest BCUT2D eigenvalue weighted by Gasteiger charge is 2.39. The smallest absolute Gasteiger partial charge is 0.248 e. The van der Waals surface area contributed by atoms with Gasteiger partial charge in [-0.3, -0.25) is 4.79 Å². The average Bonchev–Trinajstić information content (AvgIpc) is 2.63. The number of sulfonamides is 1. The van der Waals surface area contributed by atoms with E-state index in [0.717, 1.165) is 0 Å². The van der Waals surface area contributed by atoms with E-state index in [4.69, 9.17) is 9.47 Å². The third kappa shape index (κ3) is 3.96. The quantitative estimate of drug-likeness (QED) is 0.860. The van der Waals surface area contributed by atoms with Crippen LogP contribution in [0.1, 0.15) is 19.8 Å². The zero-order valence-corrected chi connectivity index (χ0v) is 15.2. The molecule has 8 heteroatoms. The third-order valence-corrected chi connectivity index (χ3v) is 6.36. The largest absolute Gasteiger partial charge is 0.492 e. The summed E-state index contributed by atoms with van der Waals surface area (Å²) in [6, 6.07) is 6.66. The summed E-state index contributed by atoms with van der Waals surface area (Å²) in [7, 11) is -3.59. The molecule has 3 rings (SSSR count). The molecule has 0 radical (unpaired) electrons. The van der Waals surface area contributed by atoms with E-state index in [1.54, 1.807) is 29.2 Å². The van der Waals surface area contributed by atoms with Gasteiger partial charge in [0.15, 0.2) is 0 Å². The van der Waals surface area contributed by atoms with E-state index in [9.17, 15) is 13.2 Å². The lowest BCUT2D eigenvalue weighted by atomic mass is 9.79. The molecular weight excluding hydrogens is 344 g/mol. The normalized spacial score (nSPS) is 21.7. The van der Waals surface area contributed by atoms with Gasteiger partial charge in [0.25, 0.3) is 0 Å². The van der Waals surface area contributed by atoms with E-state index >= 15 is 0 Å². The van der Waals surface area contributed by atoms with Crippen LogP contribution in [0.5, 0.6) is 5.75 Å². The van der Waals surface area contributed by atoms with Crippen LogP contribution in [-0.4, -0.2) is 58.7 Å². The van der Waals surface area contributed by atoms with Crippen LogP contribution in [0.15, 0.2) is 29.2 Å². The molecule has 1 aromatic rings. The first kappa shape index (κ1) is 18.2. The summed E-state index contributed by atoms with van der Waals surface area (Å²) in [5.74, 6) is 0.360. The first-order valence-corrected chi connectivity index (χ1v) is 10.0. The van der Waals surface area contributed by atoms with E-state index < -0.39 is 10.0 Å². The standard InChI is InChI=1S/C17H24N2O5S/c1-2-23-11-16(20)19-9-7-17(8-10-19)12-18-25(21,22)15-6-4-3-5-14(15)24-13-17/h3-6,18H,2,7-13H2,1H3. The molecule has 2 heterocycles. The number of rotatable bonds is 3. The molecule has 138 valence electrons. The van der Waals surface area contributed by atoms with Crippen molar-refractivity contribution in [3.63, 3.8) is 0 Å².